The van der Waals surface area contributed by atoms with Gasteiger partial charge >= 0.3 is 0 Å². The molecule has 2 nitrogen and oxygen atoms in total. The Morgan fingerprint density at radius 3 is 2.60 bits per heavy atom. The van der Waals surface area contributed by atoms with Crippen LogP contribution >= 0.6 is 22.6 Å². The van der Waals surface area contributed by atoms with E-state index in [4.69, 9.17) is 0 Å². The second-order valence-corrected chi connectivity index (χ2v) is 6.04. The minimum atomic E-state index is 0.262. The van der Waals surface area contributed by atoms with E-state index in [1.54, 1.807) is 0 Å². The van der Waals surface area contributed by atoms with Crippen LogP contribution in [0.4, 0.5) is 5.69 Å². The van der Waals surface area contributed by atoms with Gasteiger partial charge in [-0.1, -0.05) is 18.2 Å². The van der Waals surface area contributed by atoms with Gasteiger partial charge in [0.1, 0.15) is 0 Å². The maximum Gasteiger partial charge on any atom is 0.0722 e. The highest BCUT2D eigenvalue weighted by Crippen LogP contribution is 2.26. The van der Waals surface area contributed by atoms with Gasteiger partial charge in [0, 0.05) is 26.9 Å². The Balaban J connectivity index is 1.91. The molecule has 1 N–H and O–H groups in total. The molecule has 2 aromatic carbocycles. The molecule has 0 saturated carbocycles. The first kappa shape index (κ1) is 13.4. The summed E-state index contributed by atoms with van der Waals surface area (Å²) in [4.78, 5) is 4.39. The van der Waals surface area contributed by atoms with Crippen molar-refractivity contribution in [3.8, 4) is 0 Å². The molecule has 20 heavy (non-hydrogen) atoms. The van der Waals surface area contributed by atoms with Crippen LogP contribution < -0.4 is 5.32 Å². The fourth-order valence-corrected chi connectivity index (χ4v) is 2.66. The Labute approximate surface area is 132 Å². The van der Waals surface area contributed by atoms with E-state index in [0.29, 0.717) is 0 Å². The lowest BCUT2D eigenvalue weighted by molar-refractivity contribution is 0.886. The van der Waals surface area contributed by atoms with Gasteiger partial charge in [0.2, 0.25) is 0 Å². The molecule has 1 unspecified atom stereocenters. The quantitative estimate of drug-likeness (QED) is 0.652. The van der Waals surface area contributed by atoms with Crippen molar-refractivity contribution in [3.63, 3.8) is 0 Å². The first-order chi connectivity index (χ1) is 9.74. The van der Waals surface area contributed by atoms with Crippen molar-refractivity contribution in [2.45, 2.75) is 13.0 Å². The number of anilines is 1. The van der Waals surface area contributed by atoms with E-state index in [0.717, 1.165) is 16.6 Å². The Kier molecular flexibility index (Phi) is 3.87. The number of pyridine rings is 1. The monoisotopic (exact) mass is 374 g/mol. The lowest BCUT2D eigenvalue weighted by Crippen LogP contribution is -2.06. The Bertz CT molecular complexity index is 717. The van der Waals surface area contributed by atoms with Crippen LogP contribution in [0.3, 0.4) is 0 Å². The van der Waals surface area contributed by atoms with Crippen molar-refractivity contribution in [1.82, 2.24) is 4.98 Å². The zero-order valence-electron chi connectivity index (χ0n) is 11.2. The number of nitrogens with zero attached hydrogens (tertiary/aromatic N) is 1. The topological polar surface area (TPSA) is 24.9 Å². The molecule has 1 atom stereocenters. The minimum Gasteiger partial charge on any atom is -0.378 e. The number of halogens is 1. The predicted octanol–water partition coefficient (Wildman–Crippen LogP) is 5.01. The second-order valence-electron chi connectivity index (χ2n) is 4.79. The molecule has 0 aliphatic rings. The molecule has 3 rings (SSSR count). The molecule has 0 saturated heterocycles. The fraction of sp³-hybridized carbons (Fsp3) is 0.118. The van der Waals surface area contributed by atoms with Gasteiger partial charge in [-0.05, 0) is 71.5 Å². The summed E-state index contributed by atoms with van der Waals surface area (Å²) >= 11 is 2.33. The third kappa shape index (κ3) is 2.77. The Morgan fingerprint density at radius 1 is 1.00 bits per heavy atom. The average molecular weight is 374 g/mol. The van der Waals surface area contributed by atoms with Crippen molar-refractivity contribution in [1.29, 1.82) is 0 Å². The Morgan fingerprint density at radius 2 is 1.80 bits per heavy atom. The minimum absolute atomic E-state index is 0.262. The highest BCUT2D eigenvalue weighted by molar-refractivity contribution is 14.1. The van der Waals surface area contributed by atoms with E-state index < -0.39 is 0 Å². The first-order valence-corrected chi connectivity index (χ1v) is 7.67. The third-order valence-electron chi connectivity index (χ3n) is 3.39. The fourth-order valence-electron chi connectivity index (χ4n) is 2.30. The summed E-state index contributed by atoms with van der Waals surface area (Å²) in [5.74, 6) is 0. The van der Waals surface area contributed by atoms with Crippen LogP contribution in [0.25, 0.3) is 10.9 Å². The molecule has 3 heteroatoms. The SMILES string of the molecule is CC(Nc1cccc2ncccc12)c1ccc(I)cc1. The van der Waals surface area contributed by atoms with Gasteiger partial charge in [0.05, 0.1) is 5.52 Å². The maximum atomic E-state index is 4.39. The van der Waals surface area contributed by atoms with Crippen molar-refractivity contribution >= 4 is 39.2 Å². The van der Waals surface area contributed by atoms with Crippen LogP contribution in [0.1, 0.15) is 18.5 Å². The van der Waals surface area contributed by atoms with Gasteiger partial charge in [-0.15, -0.1) is 0 Å². The Hall–Kier alpha value is -1.62. The third-order valence-corrected chi connectivity index (χ3v) is 4.11. The summed E-state index contributed by atoms with van der Waals surface area (Å²) < 4.78 is 1.26. The van der Waals surface area contributed by atoms with Crippen LogP contribution in [0, 0.1) is 3.57 Å². The highest BCUT2D eigenvalue weighted by Gasteiger charge is 2.07. The molecule has 0 aliphatic carbocycles. The van der Waals surface area contributed by atoms with Gasteiger partial charge in [-0.3, -0.25) is 4.98 Å². The van der Waals surface area contributed by atoms with E-state index in [2.05, 4.69) is 76.2 Å². The molecule has 0 spiro atoms. The summed E-state index contributed by atoms with van der Waals surface area (Å²) in [6.07, 6.45) is 1.83. The van der Waals surface area contributed by atoms with Crippen molar-refractivity contribution in [3.05, 3.63) is 69.9 Å². The molecule has 100 valence electrons. The largest absolute Gasteiger partial charge is 0.378 e. The van der Waals surface area contributed by atoms with Crippen LogP contribution in [0.2, 0.25) is 0 Å². The van der Waals surface area contributed by atoms with E-state index in [1.807, 2.05) is 24.4 Å². The molecule has 0 fully saturated rings. The summed E-state index contributed by atoms with van der Waals surface area (Å²) in [7, 11) is 0. The number of fused-ring (bicyclic) bond motifs is 1. The summed E-state index contributed by atoms with van der Waals surface area (Å²) in [6.45, 7) is 2.18. The van der Waals surface area contributed by atoms with Crippen molar-refractivity contribution in [2.75, 3.05) is 5.32 Å². The molecule has 0 amide bonds. The summed E-state index contributed by atoms with van der Waals surface area (Å²) in [6, 6.07) is 19.1. The van der Waals surface area contributed by atoms with Gasteiger partial charge in [0.25, 0.3) is 0 Å². The number of rotatable bonds is 3. The van der Waals surface area contributed by atoms with E-state index in [9.17, 15) is 0 Å². The lowest BCUT2D eigenvalue weighted by Gasteiger charge is -2.17. The molecule has 3 aromatic rings. The van der Waals surface area contributed by atoms with Crippen molar-refractivity contribution < 1.29 is 0 Å². The van der Waals surface area contributed by atoms with E-state index in [-0.39, 0.29) is 6.04 Å². The van der Waals surface area contributed by atoms with Gasteiger partial charge in [-0.25, -0.2) is 0 Å². The maximum absolute atomic E-state index is 4.39. The molecule has 1 aromatic heterocycles. The van der Waals surface area contributed by atoms with Gasteiger partial charge in [-0.2, -0.15) is 0 Å². The number of aromatic nitrogens is 1. The van der Waals surface area contributed by atoms with Gasteiger partial charge < -0.3 is 5.32 Å². The average Bonchev–Trinajstić information content (AvgIpc) is 2.48. The van der Waals surface area contributed by atoms with Crippen LogP contribution in [-0.2, 0) is 0 Å². The van der Waals surface area contributed by atoms with Crippen LogP contribution in [-0.4, -0.2) is 4.98 Å². The molecule has 0 bridgehead atoms. The molecule has 1 heterocycles. The zero-order chi connectivity index (χ0) is 13.9. The summed E-state index contributed by atoms with van der Waals surface area (Å²) in [5.41, 5.74) is 3.43. The number of hydrogen-bond acceptors (Lipinski definition) is 2. The zero-order valence-corrected chi connectivity index (χ0v) is 13.3. The first-order valence-electron chi connectivity index (χ1n) is 6.60. The number of nitrogens with one attached hydrogen (secondary N) is 1. The van der Waals surface area contributed by atoms with Crippen LogP contribution in [0.5, 0.6) is 0 Å². The molecular formula is C17H15IN2. The molecule has 0 aliphatic heterocycles. The molecular weight excluding hydrogens is 359 g/mol. The normalized spacial score (nSPS) is 12.3. The van der Waals surface area contributed by atoms with E-state index >= 15 is 0 Å². The second kappa shape index (κ2) is 5.79. The summed E-state index contributed by atoms with van der Waals surface area (Å²) in [5, 5.41) is 4.74. The number of benzene rings is 2. The number of hydrogen-bond donors (Lipinski definition) is 1. The standard InChI is InChI=1S/C17H15IN2/c1-12(13-7-9-14(18)10-8-13)20-17-6-2-5-16-15(17)4-3-11-19-16/h2-12,20H,1H3. The lowest BCUT2D eigenvalue weighted by atomic mass is 10.1. The highest BCUT2D eigenvalue weighted by atomic mass is 127. The van der Waals surface area contributed by atoms with Crippen molar-refractivity contribution in [2.24, 2.45) is 0 Å². The van der Waals surface area contributed by atoms with E-state index in [1.165, 1.54) is 9.13 Å². The predicted molar refractivity (Wildman–Crippen MR) is 92.9 cm³/mol. The van der Waals surface area contributed by atoms with Gasteiger partial charge in [0.15, 0.2) is 0 Å². The smallest absolute Gasteiger partial charge is 0.0722 e. The van der Waals surface area contributed by atoms with Crippen LogP contribution in [0.15, 0.2) is 60.8 Å². The molecule has 0 radical (unpaired) electrons.